The lowest BCUT2D eigenvalue weighted by atomic mass is 10.1. The summed E-state index contributed by atoms with van der Waals surface area (Å²) in [4.78, 5) is 24.9. The summed E-state index contributed by atoms with van der Waals surface area (Å²) in [6, 6.07) is 0. The summed E-state index contributed by atoms with van der Waals surface area (Å²) in [5, 5.41) is 0. The molecule has 0 N–H and O–H groups in total. The van der Waals surface area contributed by atoms with Gasteiger partial charge >= 0.3 is 11.9 Å². The molecule has 0 fully saturated rings. The lowest BCUT2D eigenvalue weighted by molar-refractivity contribution is -0.162. The number of rotatable bonds is 35. The number of ether oxygens (including phenoxy) is 3. The van der Waals surface area contributed by atoms with Gasteiger partial charge in [0.25, 0.3) is 0 Å². The lowest BCUT2D eigenvalue weighted by Crippen LogP contribution is -2.30. The molecule has 1 unspecified atom stereocenters. The fourth-order valence-corrected chi connectivity index (χ4v) is 4.96. The molecule has 0 bridgehead atoms. The summed E-state index contributed by atoms with van der Waals surface area (Å²) in [7, 11) is 0. The average molecular weight is 695 g/mol. The predicted molar refractivity (Wildman–Crippen MR) is 214 cm³/mol. The van der Waals surface area contributed by atoms with Crippen LogP contribution in [-0.2, 0) is 23.8 Å². The quantitative estimate of drug-likeness (QED) is 0.0375. The van der Waals surface area contributed by atoms with Crippen LogP contribution < -0.4 is 0 Å². The Hall–Kier alpha value is -2.92. The molecule has 0 aromatic carbocycles. The molecule has 0 aliphatic rings. The van der Waals surface area contributed by atoms with Gasteiger partial charge in [-0.05, 0) is 77.0 Å². The van der Waals surface area contributed by atoms with Crippen LogP contribution in [0, 0.1) is 0 Å². The molecule has 0 rings (SSSR count). The van der Waals surface area contributed by atoms with E-state index in [1.165, 1.54) is 32.1 Å². The molecule has 0 saturated carbocycles. The van der Waals surface area contributed by atoms with Crippen molar-refractivity contribution < 1.29 is 23.8 Å². The minimum absolute atomic E-state index is 0.0437. The molecule has 1 atom stereocenters. The Balaban J connectivity index is 4.27. The van der Waals surface area contributed by atoms with Crippen LogP contribution in [0.3, 0.4) is 0 Å². The van der Waals surface area contributed by atoms with Gasteiger partial charge in [-0.2, -0.15) is 0 Å². The van der Waals surface area contributed by atoms with Gasteiger partial charge in [0.05, 0.1) is 13.2 Å². The highest BCUT2D eigenvalue weighted by molar-refractivity contribution is 5.70. The van der Waals surface area contributed by atoms with Gasteiger partial charge in [-0.1, -0.05) is 157 Å². The smallest absolute Gasteiger partial charge is 0.306 e. The monoisotopic (exact) mass is 695 g/mol. The molecule has 0 aliphatic heterocycles. The second-order valence-corrected chi connectivity index (χ2v) is 12.8. The maximum Gasteiger partial charge on any atom is 0.306 e. The van der Waals surface area contributed by atoms with Crippen molar-refractivity contribution >= 4 is 11.9 Å². The largest absolute Gasteiger partial charge is 0.462 e. The fourth-order valence-electron chi connectivity index (χ4n) is 4.96. The third-order valence-corrected chi connectivity index (χ3v) is 7.92. The van der Waals surface area contributed by atoms with Crippen molar-refractivity contribution in [1.82, 2.24) is 0 Å². The van der Waals surface area contributed by atoms with Crippen LogP contribution >= 0.6 is 0 Å². The van der Waals surface area contributed by atoms with Crippen LogP contribution in [0.4, 0.5) is 0 Å². The minimum Gasteiger partial charge on any atom is -0.462 e. The maximum absolute atomic E-state index is 12.5. The predicted octanol–water partition coefficient (Wildman–Crippen LogP) is 13.0. The number of hydrogen-bond donors (Lipinski definition) is 0. The third kappa shape index (κ3) is 37.9. The van der Waals surface area contributed by atoms with Crippen LogP contribution in [0.15, 0.2) is 85.1 Å². The van der Waals surface area contributed by atoms with Gasteiger partial charge in [-0.3, -0.25) is 9.59 Å². The van der Waals surface area contributed by atoms with E-state index in [1.807, 2.05) is 0 Å². The number of carbonyl (C=O) groups excluding carboxylic acids is 2. The number of carbonyl (C=O) groups is 2. The Morgan fingerprint density at radius 3 is 1.52 bits per heavy atom. The molecule has 5 nitrogen and oxygen atoms in total. The van der Waals surface area contributed by atoms with Crippen molar-refractivity contribution in [3.05, 3.63) is 85.1 Å². The first kappa shape index (κ1) is 47.1. The first-order valence-electron chi connectivity index (χ1n) is 20.1. The van der Waals surface area contributed by atoms with Crippen molar-refractivity contribution in [3.8, 4) is 0 Å². The van der Waals surface area contributed by atoms with E-state index < -0.39 is 6.10 Å². The fraction of sp³-hybridized carbons (Fsp3) is 0.644. The van der Waals surface area contributed by atoms with Crippen LogP contribution in [0.2, 0.25) is 0 Å². The topological polar surface area (TPSA) is 61.8 Å². The molecule has 0 aromatic heterocycles. The molecule has 0 heterocycles. The molecular formula is C45H74O5. The van der Waals surface area contributed by atoms with Gasteiger partial charge in [0.2, 0.25) is 0 Å². The number of hydrogen-bond acceptors (Lipinski definition) is 5. The molecular weight excluding hydrogens is 620 g/mol. The van der Waals surface area contributed by atoms with Crippen LogP contribution in [0.5, 0.6) is 0 Å². The molecule has 0 aliphatic carbocycles. The zero-order valence-electron chi connectivity index (χ0n) is 32.4. The van der Waals surface area contributed by atoms with Crippen LogP contribution in [0.25, 0.3) is 0 Å². The van der Waals surface area contributed by atoms with Gasteiger partial charge in [-0.25, -0.2) is 0 Å². The highest BCUT2D eigenvalue weighted by Crippen LogP contribution is 2.11. The molecule has 0 aromatic rings. The van der Waals surface area contributed by atoms with E-state index >= 15 is 0 Å². The van der Waals surface area contributed by atoms with Crippen molar-refractivity contribution in [2.45, 2.75) is 168 Å². The highest BCUT2D eigenvalue weighted by atomic mass is 16.6. The van der Waals surface area contributed by atoms with E-state index in [0.29, 0.717) is 19.4 Å². The molecule has 0 radical (unpaired) electrons. The summed E-state index contributed by atoms with van der Waals surface area (Å²) in [6.45, 7) is 7.32. The van der Waals surface area contributed by atoms with Crippen molar-refractivity contribution in [3.63, 3.8) is 0 Å². The molecule has 0 spiro atoms. The van der Waals surface area contributed by atoms with E-state index in [4.69, 9.17) is 14.2 Å². The SMILES string of the molecule is CC/C=C\C/C=C\C/C=C\C/C=C\C/C=C\CCOCC(COC(=O)CCCCCCC/C=C\C/C=C\CCC)OC(=O)CCCCCCC. The summed E-state index contributed by atoms with van der Waals surface area (Å²) < 4.78 is 17.0. The first-order valence-corrected chi connectivity index (χ1v) is 20.1. The zero-order valence-corrected chi connectivity index (χ0v) is 32.4. The lowest BCUT2D eigenvalue weighted by Gasteiger charge is -2.18. The molecule has 0 amide bonds. The van der Waals surface area contributed by atoms with Gasteiger partial charge in [-0.15, -0.1) is 0 Å². The molecule has 5 heteroatoms. The zero-order chi connectivity index (χ0) is 36.4. The molecule has 0 saturated heterocycles. The Labute approximate surface area is 308 Å². The van der Waals surface area contributed by atoms with Crippen molar-refractivity contribution in [2.75, 3.05) is 19.8 Å². The molecule has 50 heavy (non-hydrogen) atoms. The maximum atomic E-state index is 12.5. The highest BCUT2D eigenvalue weighted by Gasteiger charge is 2.17. The van der Waals surface area contributed by atoms with E-state index in [1.54, 1.807) is 0 Å². The minimum atomic E-state index is -0.578. The first-order chi connectivity index (χ1) is 24.6. The Bertz CT molecular complexity index is 968. The normalized spacial score (nSPS) is 13.1. The Morgan fingerprint density at radius 1 is 0.460 bits per heavy atom. The second-order valence-electron chi connectivity index (χ2n) is 12.8. The average Bonchev–Trinajstić information content (AvgIpc) is 3.11. The van der Waals surface area contributed by atoms with Crippen molar-refractivity contribution in [2.24, 2.45) is 0 Å². The second kappa shape index (κ2) is 40.5. The van der Waals surface area contributed by atoms with E-state index in [9.17, 15) is 9.59 Å². The third-order valence-electron chi connectivity index (χ3n) is 7.92. The van der Waals surface area contributed by atoms with Crippen LogP contribution in [-0.4, -0.2) is 37.9 Å². The number of unbranched alkanes of at least 4 members (excludes halogenated alkanes) is 10. The van der Waals surface area contributed by atoms with Crippen LogP contribution in [0.1, 0.15) is 162 Å². The van der Waals surface area contributed by atoms with Gasteiger partial charge in [0.1, 0.15) is 6.61 Å². The van der Waals surface area contributed by atoms with E-state index in [-0.39, 0.29) is 25.2 Å². The number of esters is 2. The van der Waals surface area contributed by atoms with E-state index in [0.717, 1.165) is 96.3 Å². The van der Waals surface area contributed by atoms with E-state index in [2.05, 4.69) is 106 Å². The number of allylic oxidation sites excluding steroid dienone is 13. The Morgan fingerprint density at radius 2 is 0.940 bits per heavy atom. The summed E-state index contributed by atoms with van der Waals surface area (Å²) >= 11 is 0. The van der Waals surface area contributed by atoms with Gasteiger partial charge in [0.15, 0.2) is 6.10 Å². The molecule has 284 valence electrons. The summed E-state index contributed by atoms with van der Waals surface area (Å²) in [6.07, 6.45) is 51.9. The standard InChI is InChI=1S/C45H74O5/c1-4-7-10-13-15-17-19-21-22-23-25-27-29-31-34-37-40-48-41-43(50-45(47)39-36-32-12-9-6-3)42-49-44(46)38-35-33-30-28-26-24-20-18-16-14-11-8-5-2/h7,10-11,14-15,17-18,20-22,25,27,31,34,43H,4-6,8-9,12-13,16,19,23-24,26,28-30,32-33,35-42H2,1-3H3/b10-7-,14-11-,17-15-,20-18-,22-21-,27-25-,34-31-. The summed E-state index contributed by atoms with van der Waals surface area (Å²) in [5.74, 6) is -0.477. The Kier molecular flexibility index (Phi) is 38.1. The van der Waals surface area contributed by atoms with Crippen molar-refractivity contribution in [1.29, 1.82) is 0 Å². The van der Waals surface area contributed by atoms with Gasteiger partial charge in [0, 0.05) is 12.8 Å². The van der Waals surface area contributed by atoms with Gasteiger partial charge < -0.3 is 14.2 Å². The summed E-state index contributed by atoms with van der Waals surface area (Å²) in [5.41, 5.74) is 0.